The van der Waals surface area contributed by atoms with Gasteiger partial charge in [-0.2, -0.15) is 0 Å². The maximum absolute atomic E-state index is 12.9. The lowest BCUT2D eigenvalue weighted by Crippen LogP contribution is -2.41. The normalized spacial score (nSPS) is 26.7. The lowest BCUT2D eigenvalue weighted by atomic mass is 9.87. The molecular weight excluding hydrogens is 282 g/mol. The van der Waals surface area contributed by atoms with Crippen LogP contribution < -0.4 is 5.32 Å². The fourth-order valence-corrected chi connectivity index (χ4v) is 6.50. The number of aryl methyl sites for hydroxylation is 1. The van der Waals surface area contributed by atoms with Gasteiger partial charge in [0.1, 0.15) is 0 Å². The van der Waals surface area contributed by atoms with E-state index in [1.807, 2.05) is 19.2 Å². The Hall–Kier alpha value is -0.870. The largest absolute Gasteiger partial charge is 0.312 e. The van der Waals surface area contributed by atoms with Gasteiger partial charge in [-0.3, -0.25) is 0 Å². The highest BCUT2D eigenvalue weighted by Crippen LogP contribution is 2.36. The van der Waals surface area contributed by atoms with E-state index in [0.29, 0.717) is 11.7 Å². The van der Waals surface area contributed by atoms with E-state index in [-0.39, 0.29) is 11.3 Å². The van der Waals surface area contributed by atoms with E-state index in [0.717, 1.165) is 25.7 Å². The molecule has 2 atom stereocenters. The summed E-state index contributed by atoms with van der Waals surface area (Å²) in [5, 5.41) is 3.00. The minimum atomic E-state index is -3.03. The highest BCUT2D eigenvalue weighted by Gasteiger charge is 2.38. The molecule has 1 aromatic carbocycles. The molecule has 21 heavy (non-hydrogen) atoms. The number of benzene rings is 1. The molecule has 0 bridgehead atoms. The predicted molar refractivity (Wildman–Crippen MR) is 86.1 cm³/mol. The van der Waals surface area contributed by atoms with E-state index in [9.17, 15) is 8.42 Å². The van der Waals surface area contributed by atoms with E-state index in [2.05, 4.69) is 17.4 Å². The molecule has 0 saturated heterocycles. The molecule has 0 aromatic heterocycles. The lowest BCUT2D eigenvalue weighted by Gasteiger charge is -2.33. The van der Waals surface area contributed by atoms with Crippen molar-refractivity contribution in [2.45, 2.75) is 49.8 Å². The summed E-state index contributed by atoms with van der Waals surface area (Å²) in [5.74, 6) is 0.780. The monoisotopic (exact) mass is 307 g/mol. The average Bonchev–Trinajstić information content (AvgIpc) is 2.98. The van der Waals surface area contributed by atoms with Crippen LogP contribution >= 0.6 is 0 Å². The molecule has 116 valence electrons. The van der Waals surface area contributed by atoms with Crippen molar-refractivity contribution in [3.8, 4) is 0 Å². The Kier molecular flexibility index (Phi) is 4.36. The quantitative estimate of drug-likeness (QED) is 0.930. The summed E-state index contributed by atoms with van der Waals surface area (Å²) < 4.78 is 25.8. The van der Waals surface area contributed by atoms with Crippen molar-refractivity contribution < 1.29 is 8.42 Å². The summed E-state index contributed by atoms with van der Waals surface area (Å²) in [6.45, 7) is 0. The van der Waals surface area contributed by atoms with Crippen LogP contribution in [0.2, 0.25) is 0 Å². The molecule has 0 amide bonds. The first-order valence-corrected chi connectivity index (χ1v) is 9.80. The molecule has 3 nitrogen and oxygen atoms in total. The minimum Gasteiger partial charge on any atom is -0.312 e. The van der Waals surface area contributed by atoms with Crippen molar-refractivity contribution >= 4 is 9.84 Å². The molecule has 4 heteroatoms. The number of hydrogen-bond acceptors (Lipinski definition) is 3. The smallest absolute Gasteiger partial charge is 0.155 e. The number of rotatable bonds is 4. The van der Waals surface area contributed by atoms with Crippen LogP contribution in [0.3, 0.4) is 0 Å². The predicted octanol–water partition coefficient (Wildman–Crippen LogP) is 2.87. The summed E-state index contributed by atoms with van der Waals surface area (Å²) in [6, 6.07) is 8.20. The standard InChI is InChI=1S/C17H25NO2S/c1-18-17-15-9-5-4-8-14(15)10-11-16(17)21(19,20)12-13-6-2-3-7-13/h4-5,8-9,13,16-18H,2-3,6-7,10-12H2,1H3. The van der Waals surface area contributed by atoms with Gasteiger partial charge < -0.3 is 5.32 Å². The van der Waals surface area contributed by atoms with E-state index in [1.54, 1.807) is 0 Å². The van der Waals surface area contributed by atoms with Crippen LogP contribution in [0.5, 0.6) is 0 Å². The second-order valence-electron chi connectivity index (χ2n) is 6.52. The number of fused-ring (bicyclic) bond motifs is 1. The molecule has 2 aliphatic rings. The number of sulfone groups is 1. The van der Waals surface area contributed by atoms with E-state index >= 15 is 0 Å². The Morgan fingerprint density at radius 1 is 1.14 bits per heavy atom. The summed E-state index contributed by atoms with van der Waals surface area (Å²) >= 11 is 0. The van der Waals surface area contributed by atoms with Crippen LogP contribution in [0.4, 0.5) is 0 Å². The van der Waals surface area contributed by atoms with Crippen molar-refractivity contribution in [3.63, 3.8) is 0 Å². The van der Waals surface area contributed by atoms with Crippen molar-refractivity contribution in [1.29, 1.82) is 0 Å². The molecule has 3 rings (SSSR count). The third-order valence-corrected chi connectivity index (χ3v) is 7.54. The fourth-order valence-electron chi connectivity index (χ4n) is 4.09. The van der Waals surface area contributed by atoms with E-state index < -0.39 is 9.84 Å². The lowest BCUT2D eigenvalue weighted by molar-refractivity contribution is 0.468. The number of nitrogens with one attached hydrogen (secondary N) is 1. The maximum atomic E-state index is 12.9. The van der Waals surface area contributed by atoms with Crippen molar-refractivity contribution in [2.75, 3.05) is 12.8 Å². The minimum absolute atomic E-state index is 0.0543. The SMILES string of the molecule is CNC1c2ccccc2CCC1S(=O)(=O)CC1CCCC1. The molecule has 0 aliphatic heterocycles. The van der Waals surface area contributed by atoms with Gasteiger partial charge in [-0.1, -0.05) is 37.1 Å². The Labute approximate surface area is 128 Å². The molecule has 1 saturated carbocycles. The molecule has 0 radical (unpaired) electrons. The zero-order chi connectivity index (χ0) is 14.9. The zero-order valence-electron chi connectivity index (χ0n) is 12.7. The van der Waals surface area contributed by atoms with Crippen LogP contribution in [0.15, 0.2) is 24.3 Å². The van der Waals surface area contributed by atoms with Gasteiger partial charge in [0.05, 0.1) is 11.0 Å². The number of hydrogen-bond donors (Lipinski definition) is 1. The topological polar surface area (TPSA) is 46.2 Å². The Bertz CT molecular complexity index is 591. The molecule has 1 aromatic rings. The second-order valence-corrected chi connectivity index (χ2v) is 8.79. The third kappa shape index (κ3) is 3.02. The highest BCUT2D eigenvalue weighted by atomic mass is 32.2. The molecule has 1 N–H and O–H groups in total. The molecule has 2 aliphatic carbocycles. The Morgan fingerprint density at radius 2 is 1.86 bits per heavy atom. The van der Waals surface area contributed by atoms with E-state index in [4.69, 9.17) is 0 Å². The van der Waals surface area contributed by atoms with E-state index in [1.165, 1.54) is 24.0 Å². The van der Waals surface area contributed by atoms with Gasteiger partial charge >= 0.3 is 0 Å². The first-order valence-electron chi connectivity index (χ1n) is 8.08. The summed E-state index contributed by atoms with van der Waals surface area (Å²) in [6.07, 6.45) is 6.20. The first kappa shape index (κ1) is 15.0. The van der Waals surface area contributed by atoms with Crippen LogP contribution in [-0.4, -0.2) is 26.5 Å². The van der Waals surface area contributed by atoms with Gasteiger partial charge in [-0.15, -0.1) is 0 Å². The van der Waals surface area contributed by atoms with Crippen LogP contribution in [0.25, 0.3) is 0 Å². The van der Waals surface area contributed by atoms with Gasteiger partial charge in [-0.25, -0.2) is 8.42 Å². The van der Waals surface area contributed by atoms with Crippen molar-refractivity contribution in [1.82, 2.24) is 5.32 Å². The Morgan fingerprint density at radius 3 is 2.57 bits per heavy atom. The van der Waals surface area contributed by atoms with Gasteiger partial charge in [-0.05, 0) is 49.8 Å². The Balaban J connectivity index is 1.84. The zero-order valence-corrected chi connectivity index (χ0v) is 13.5. The van der Waals surface area contributed by atoms with Crippen LogP contribution in [0, 0.1) is 5.92 Å². The highest BCUT2D eigenvalue weighted by molar-refractivity contribution is 7.92. The molecule has 1 fully saturated rings. The average molecular weight is 307 g/mol. The molecule has 2 unspecified atom stereocenters. The van der Waals surface area contributed by atoms with Gasteiger partial charge in [0, 0.05) is 6.04 Å². The van der Waals surface area contributed by atoms with Gasteiger partial charge in [0.2, 0.25) is 0 Å². The van der Waals surface area contributed by atoms with Crippen LogP contribution in [-0.2, 0) is 16.3 Å². The summed E-state index contributed by atoms with van der Waals surface area (Å²) in [4.78, 5) is 0. The van der Waals surface area contributed by atoms with Crippen LogP contribution in [0.1, 0.15) is 49.3 Å². The van der Waals surface area contributed by atoms with Crippen molar-refractivity contribution in [2.24, 2.45) is 5.92 Å². The first-order chi connectivity index (χ1) is 10.1. The molecule has 0 spiro atoms. The van der Waals surface area contributed by atoms with Crippen molar-refractivity contribution in [3.05, 3.63) is 35.4 Å². The fraction of sp³-hybridized carbons (Fsp3) is 0.647. The summed E-state index contributed by atoms with van der Waals surface area (Å²) in [7, 11) is -1.15. The van der Waals surface area contributed by atoms with Gasteiger partial charge in [0.15, 0.2) is 9.84 Å². The summed E-state index contributed by atoms with van der Waals surface area (Å²) in [5.41, 5.74) is 2.47. The molecular formula is C17H25NO2S. The van der Waals surface area contributed by atoms with Gasteiger partial charge in [0.25, 0.3) is 0 Å². The maximum Gasteiger partial charge on any atom is 0.155 e. The third-order valence-electron chi connectivity index (χ3n) is 5.18. The second kappa shape index (κ2) is 6.09. The molecule has 0 heterocycles.